The van der Waals surface area contributed by atoms with Gasteiger partial charge in [0.05, 0.1) is 0 Å². The molecule has 3 saturated heterocycles. The quantitative estimate of drug-likeness (QED) is 0.365. The van der Waals surface area contributed by atoms with Gasteiger partial charge in [0.15, 0.2) is 17.3 Å². The fraction of sp³-hybridized carbons (Fsp3) is 0.533. The van der Waals surface area contributed by atoms with Gasteiger partial charge in [-0.05, 0) is 63.4 Å². The summed E-state index contributed by atoms with van der Waals surface area (Å²) in [6.45, 7) is 10.2. The third-order valence-corrected chi connectivity index (χ3v) is 8.69. The highest BCUT2D eigenvalue weighted by atomic mass is 16.5. The zero-order valence-electron chi connectivity index (χ0n) is 24.5. The number of anilines is 4. The molecule has 0 atom stereocenters. The van der Waals surface area contributed by atoms with E-state index in [1.807, 2.05) is 6.07 Å². The van der Waals surface area contributed by atoms with E-state index in [2.05, 4.69) is 61.6 Å². The van der Waals surface area contributed by atoms with Gasteiger partial charge in [-0.3, -0.25) is 9.69 Å². The number of carbonyl (C=O) groups is 1. The largest absolute Gasteiger partial charge is 0.381 e. The molecule has 3 fully saturated rings. The van der Waals surface area contributed by atoms with Gasteiger partial charge in [0, 0.05) is 82.0 Å². The predicted molar refractivity (Wildman–Crippen MR) is 162 cm³/mol. The van der Waals surface area contributed by atoms with Gasteiger partial charge < -0.3 is 35.4 Å². The Morgan fingerprint density at radius 2 is 1.74 bits per heavy atom. The topological polar surface area (TPSA) is 138 Å². The fourth-order valence-electron chi connectivity index (χ4n) is 6.23. The van der Waals surface area contributed by atoms with Gasteiger partial charge in [0.25, 0.3) is 5.91 Å². The first-order valence-corrected chi connectivity index (χ1v) is 15.0. The Morgan fingerprint density at radius 1 is 0.976 bits per heavy atom. The van der Waals surface area contributed by atoms with E-state index in [0.717, 1.165) is 50.3 Å². The van der Waals surface area contributed by atoms with E-state index in [1.54, 1.807) is 6.07 Å². The third-order valence-electron chi connectivity index (χ3n) is 8.69. The fourth-order valence-corrected chi connectivity index (χ4v) is 6.23. The molecule has 0 bridgehead atoms. The molecule has 5 heterocycles. The molecule has 0 spiro atoms. The van der Waals surface area contributed by atoms with E-state index >= 15 is 0 Å². The number of aryl methyl sites for hydroxylation is 1. The number of hydrogen-bond acceptors (Lipinski definition) is 11. The predicted octanol–water partition coefficient (Wildman–Crippen LogP) is 3.09. The number of benzene rings is 1. The summed E-state index contributed by atoms with van der Waals surface area (Å²) in [7, 11) is 2.21. The van der Waals surface area contributed by atoms with Crippen molar-refractivity contribution in [2.45, 2.75) is 44.7 Å². The molecule has 1 amide bonds. The molecule has 0 unspecified atom stereocenters. The third kappa shape index (κ3) is 6.35. The van der Waals surface area contributed by atoms with Crippen molar-refractivity contribution in [3.63, 3.8) is 0 Å². The average Bonchev–Trinajstić information content (AvgIpc) is 3.53. The molecule has 224 valence electrons. The Hall–Kier alpha value is -3.74. The summed E-state index contributed by atoms with van der Waals surface area (Å²) in [5.41, 5.74) is 9.91. The zero-order chi connectivity index (χ0) is 29.1. The number of nitrogens with zero attached hydrogens (tertiary/aromatic N) is 6. The SMILES string of the molecule is Cc1cc(Nc2nc(NC3CCOCC3)c(-c3ccon3)nc2C(N)=O)ccc1N1CCC(N2CCN(C)CC2)CC1. The second-order valence-corrected chi connectivity index (χ2v) is 11.6. The molecule has 42 heavy (non-hydrogen) atoms. The van der Waals surface area contributed by atoms with Crippen LogP contribution >= 0.6 is 0 Å². The van der Waals surface area contributed by atoms with Gasteiger partial charge in [-0.25, -0.2) is 9.97 Å². The monoisotopic (exact) mass is 575 g/mol. The van der Waals surface area contributed by atoms with Crippen molar-refractivity contribution in [2.24, 2.45) is 5.73 Å². The molecular formula is C30H41N9O3. The number of nitrogens with one attached hydrogen (secondary N) is 2. The molecule has 4 N–H and O–H groups in total. The van der Waals surface area contributed by atoms with Crippen molar-refractivity contribution in [1.82, 2.24) is 24.9 Å². The second kappa shape index (κ2) is 12.6. The van der Waals surface area contributed by atoms with Crippen LogP contribution < -0.4 is 21.3 Å². The van der Waals surface area contributed by atoms with Gasteiger partial charge >= 0.3 is 0 Å². The molecule has 6 rings (SSSR count). The van der Waals surface area contributed by atoms with Crippen LogP contribution in [0.15, 0.2) is 35.1 Å². The Balaban J connectivity index is 1.20. The molecule has 3 aliphatic rings. The van der Waals surface area contributed by atoms with Crippen molar-refractivity contribution in [1.29, 1.82) is 0 Å². The number of aromatic nitrogens is 3. The van der Waals surface area contributed by atoms with Crippen molar-refractivity contribution in [3.05, 3.63) is 41.8 Å². The maximum absolute atomic E-state index is 12.5. The van der Waals surface area contributed by atoms with Crippen LogP contribution in [0.2, 0.25) is 0 Å². The number of rotatable bonds is 8. The van der Waals surface area contributed by atoms with Crippen molar-refractivity contribution >= 4 is 28.9 Å². The highest BCUT2D eigenvalue weighted by molar-refractivity contribution is 5.97. The number of carbonyl (C=O) groups excluding carboxylic acids is 1. The summed E-state index contributed by atoms with van der Waals surface area (Å²) >= 11 is 0. The second-order valence-electron chi connectivity index (χ2n) is 11.6. The summed E-state index contributed by atoms with van der Waals surface area (Å²) in [5.74, 6) is 0.133. The minimum atomic E-state index is -0.677. The van der Waals surface area contributed by atoms with Crippen LogP contribution in [0.4, 0.5) is 23.0 Å². The minimum absolute atomic E-state index is 0.0400. The molecule has 12 nitrogen and oxygen atoms in total. The van der Waals surface area contributed by atoms with E-state index in [0.29, 0.717) is 42.3 Å². The molecule has 0 saturated carbocycles. The minimum Gasteiger partial charge on any atom is -0.381 e. The number of likely N-dealkylation sites (N-methyl/N-ethyl adjacent to an activating group) is 1. The van der Waals surface area contributed by atoms with Crippen LogP contribution in [0.1, 0.15) is 41.7 Å². The standard InChI is InChI=1S/C30H41N9O3/c1-20-19-22(3-4-25(20)39-10-5-23(6-11-39)38-14-12-37(2)13-15-38)33-30-27(28(31)40)34-26(24-9-18-42-36-24)29(35-30)32-21-7-16-41-17-8-21/h3-4,9,18-19,21,23H,5-8,10-17H2,1-2H3,(H2,31,40)(H2,32,33,35). The normalized spacial score (nSPS) is 19.6. The van der Waals surface area contributed by atoms with Crippen LogP contribution in [0.5, 0.6) is 0 Å². The lowest BCUT2D eigenvalue weighted by molar-refractivity contribution is 0.0904. The molecule has 0 radical (unpaired) electrons. The van der Waals surface area contributed by atoms with Gasteiger partial charge in [0.2, 0.25) is 0 Å². The number of hydrogen-bond donors (Lipinski definition) is 3. The number of piperazine rings is 1. The van der Waals surface area contributed by atoms with Crippen molar-refractivity contribution < 1.29 is 14.1 Å². The molecule has 3 aliphatic heterocycles. The molecule has 12 heteroatoms. The van der Waals surface area contributed by atoms with Crippen molar-refractivity contribution in [2.75, 3.05) is 75.1 Å². The lowest BCUT2D eigenvalue weighted by Gasteiger charge is -2.43. The van der Waals surface area contributed by atoms with Gasteiger partial charge in [-0.15, -0.1) is 0 Å². The lowest BCUT2D eigenvalue weighted by Crippen LogP contribution is -2.52. The lowest BCUT2D eigenvalue weighted by atomic mass is 10.0. The zero-order valence-corrected chi connectivity index (χ0v) is 24.5. The number of nitrogens with two attached hydrogens (primary N) is 1. The summed E-state index contributed by atoms with van der Waals surface area (Å²) < 4.78 is 10.6. The van der Waals surface area contributed by atoms with E-state index in [9.17, 15) is 4.79 Å². The number of piperidine rings is 1. The Labute approximate surface area is 246 Å². The Bertz CT molecular complexity index is 1360. The van der Waals surface area contributed by atoms with Crippen LogP contribution in [0.3, 0.4) is 0 Å². The van der Waals surface area contributed by atoms with Crippen LogP contribution in [0.25, 0.3) is 11.4 Å². The summed E-state index contributed by atoms with van der Waals surface area (Å²) in [6.07, 6.45) is 5.51. The number of primary amides is 1. The van der Waals surface area contributed by atoms with Crippen LogP contribution in [-0.2, 0) is 4.74 Å². The molecule has 0 aliphatic carbocycles. The molecule has 1 aromatic carbocycles. The Morgan fingerprint density at radius 3 is 2.40 bits per heavy atom. The first kappa shape index (κ1) is 28.4. The first-order chi connectivity index (χ1) is 20.4. The van der Waals surface area contributed by atoms with Gasteiger partial charge in [0.1, 0.15) is 17.7 Å². The average molecular weight is 576 g/mol. The van der Waals surface area contributed by atoms with E-state index < -0.39 is 5.91 Å². The van der Waals surface area contributed by atoms with E-state index in [4.69, 9.17) is 20.0 Å². The first-order valence-electron chi connectivity index (χ1n) is 15.0. The number of ether oxygens (including phenoxy) is 1. The highest BCUT2D eigenvalue weighted by Gasteiger charge is 2.28. The van der Waals surface area contributed by atoms with Gasteiger partial charge in [-0.1, -0.05) is 5.16 Å². The Kier molecular flexibility index (Phi) is 8.54. The molecule has 3 aromatic rings. The number of amides is 1. The smallest absolute Gasteiger partial charge is 0.271 e. The highest BCUT2D eigenvalue weighted by Crippen LogP contribution is 2.32. The molecule has 2 aromatic heterocycles. The van der Waals surface area contributed by atoms with E-state index in [1.165, 1.54) is 37.9 Å². The summed E-state index contributed by atoms with van der Waals surface area (Å²) in [4.78, 5) is 29.5. The molecular weight excluding hydrogens is 534 g/mol. The maximum Gasteiger partial charge on any atom is 0.271 e. The van der Waals surface area contributed by atoms with E-state index in [-0.39, 0.29) is 11.7 Å². The summed E-state index contributed by atoms with van der Waals surface area (Å²) in [6, 6.07) is 8.78. The van der Waals surface area contributed by atoms with Crippen molar-refractivity contribution in [3.8, 4) is 11.4 Å². The van der Waals surface area contributed by atoms with Crippen LogP contribution in [0, 0.1) is 6.92 Å². The van der Waals surface area contributed by atoms with Gasteiger partial charge in [-0.2, -0.15) is 0 Å². The maximum atomic E-state index is 12.5. The summed E-state index contributed by atoms with van der Waals surface area (Å²) in [5, 5.41) is 10.8. The van der Waals surface area contributed by atoms with Crippen LogP contribution in [-0.4, -0.2) is 102 Å².